The molecule has 116 valence electrons. The molecule has 4 heteroatoms. The monoisotopic (exact) mass is 290 g/mol. The number of carbonyl (C=O) groups is 1. The third kappa shape index (κ3) is 4.83. The molecule has 0 bridgehead atoms. The van der Waals surface area contributed by atoms with E-state index in [0.717, 1.165) is 31.4 Å². The standard InChI is InChI=1S/C17H26N2O2/c1-14(15-8-4-2-5-9-15)18-17(21)12-19-11-7-3-6-10-16(19)13-20/h2,4-5,8-9,14,16,20H,3,6-7,10-13H2,1H3,(H,18,21). The van der Waals surface area contributed by atoms with E-state index in [4.69, 9.17) is 0 Å². The highest BCUT2D eigenvalue weighted by atomic mass is 16.3. The average molecular weight is 290 g/mol. The van der Waals surface area contributed by atoms with Crippen LogP contribution in [0.4, 0.5) is 0 Å². The molecule has 2 atom stereocenters. The van der Waals surface area contributed by atoms with E-state index in [0.29, 0.717) is 6.54 Å². The van der Waals surface area contributed by atoms with Crippen molar-refractivity contribution in [3.8, 4) is 0 Å². The molecule has 1 aliphatic heterocycles. The fourth-order valence-electron chi connectivity index (χ4n) is 2.95. The summed E-state index contributed by atoms with van der Waals surface area (Å²) in [5.74, 6) is 0.0340. The van der Waals surface area contributed by atoms with Crippen molar-refractivity contribution in [2.24, 2.45) is 0 Å². The maximum atomic E-state index is 12.2. The third-order valence-corrected chi connectivity index (χ3v) is 4.23. The smallest absolute Gasteiger partial charge is 0.234 e. The molecule has 2 rings (SSSR count). The number of nitrogens with zero attached hydrogens (tertiary/aromatic N) is 1. The van der Waals surface area contributed by atoms with Crippen molar-refractivity contribution >= 4 is 5.91 Å². The van der Waals surface area contributed by atoms with E-state index in [1.165, 1.54) is 6.42 Å². The Labute approximate surface area is 127 Å². The molecule has 1 aliphatic rings. The predicted molar refractivity (Wildman–Crippen MR) is 83.9 cm³/mol. The average Bonchev–Trinajstić information content (AvgIpc) is 2.73. The van der Waals surface area contributed by atoms with Crippen LogP contribution in [0.2, 0.25) is 0 Å². The van der Waals surface area contributed by atoms with Crippen LogP contribution in [0.5, 0.6) is 0 Å². The Kier molecular flexibility index (Phi) is 6.21. The molecule has 0 aliphatic carbocycles. The number of aliphatic hydroxyl groups excluding tert-OH is 1. The van der Waals surface area contributed by atoms with Gasteiger partial charge < -0.3 is 10.4 Å². The molecule has 0 radical (unpaired) electrons. The van der Waals surface area contributed by atoms with Gasteiger partial charge in [-0.25, -0.2) is 0 Å². The summed E-state index contributed by atoms with van der Waals surface area (Å²) in [5, 5.41) is 12.5. The summed E-state index contributed by atoms with van der Waals surface area (Å²) >= 11 is 0. The maximum absolute atomic E-state index is 12.2. The van der Waals surface area contributed by atoms with Crippen LogP contribution in [0.1, 0.15) is 44.2 Å². The summed E-state index contributed by atoms with van der Waals surface area (Å²) in [6.45, 7) is 3.42. The van der Waals surface area contributed by atoms with Gasteiger partial charge >= 0.3 is 0 Å². The van der Waals surface area contributed by atoms with Gasteiger partial charge in [0.1, 0.15) is 0 Å². The molecule has 1 heterocycles. The number of hydrogen-bond donors (Lipinski definition) is 2. The Morgan fingerprint density at radius 3 is 2.81 bits per heavy atom. The van der Waals surface area contributed by atoms with Crippen LogP contribution in [0, 0.1) is 0 Å². The molecule has 1 amide bonds. The molecule has 1 saturated heterocycles. The van der Waals surface area contributed by atoms with Crippen LogP contribution in [-0.4, -0.2) is 41.7 Å². The number of nitrogens with one attached hydrogen (secondary N) is 1. The lowest BCUT2D eigenvalue weighted by Gasteiger charge is -2.28. The zero-order valence-corrected chi connectivity index (χ0v) is 12.8. The van der Waals surface area contributed by atoms with Crippen LogP contribution >= 0.6 is 0 Å². The summed E-state index contributed by atoms with van der Waals surface area (Å²) in [6.07, 6.45) is 4.43. The summed E-state index contributed by atoms with van der Waals surface area (Å²) < 4.78 is 0. The van der Waals surface area contributed by atoms with Gasteiger partial charge in [0.15, 0.2) is 0 Å². The van der Waals surface area contributed by atoms with Crippen molar-refractivity contribution in [3.63, 3.8) is 0 Å². The Morgan fingerprint density at radius 2 is 2.10 bits per heavy atom. The minimum Gasteiger partial charge on any atom is -0.395 e. The van der Waals surface area contributed by atoms with Crippen molar-refractivity contribution in [2.75, 3.05) is 19.7 Å². The van der Waals surface area contributed by atoms with Gasteiger partial charge in [-0.3, -0.25) is 9.69 Å². The molecule has 0 spiro atoms. The number of aliphatic hydroxyl groups is 1. The highest BCUT2D eigenvalue weighted by molar-refractivity contribution is 5.78. The molecule has 1 aromatic carbocycles. The first kappa shape index (κ1) is 16.0. The first-order valence-corrected chi connectivity index (χ1v) is 7.90. The lowest BCUT2D eigenvalue weighted by Crippen LogP contribution is -2.44. The first-order valence-electron chi connectivity index (χ1n) is 7.90. The zero-order chi connectivity index (χ0) is 15.1. The van der Waals surface area contributed by atoms with Crippen molar-refractivity contribution in [2.45, 2.75) is 44.7 Å². The van der Waals surface area contributed by atoms with Gasteiger partial charge in [0.2, 0.25) is 5.91 Å². The topological polar surface area (TPSA) is 52.6 Å². The predicted octanol–water partition coefficient (Wildman–Crippen LogP) is 2.10. The Bertz CT molecular complexity index is 436. The Balaban J connectivity index is 1.88. The minimum absolute atomic E-state index is 0.0123. The SMILES string of the molecule is CC(NC(=O)CN1CCCCCC1CO)c1ccccc1. The Hall–Kier alpha value is -1.39. The van der Waals surface area contributed by atoms with Gasteiger partial charge in [0.25, 0.3) is 0 Å². The second-order valence-electron chi connectivity index (χ2n) is 5.86. The molecule has 1 fully saturated rings. The number of carbonyl (C=O) groups excluding carboxylic acids is 1. The van der Waals surface area contributed by atoms with Gasteiger partial charge in [0, 0.05) is 6.04 Å². The highest BCUT2D eigenvalue weighted by Gasteiger charge is 2.22. The molecular formula is C17H26N2O2. The summed E-state index contributed by atoms with van der Waals surface area (Å²) in [6, 6.07) is 10.1. The van der Waals surface area contributed by atoms with Crippen LogP contribution in [0.25, 0.3) is 0 Å². The highest BCUT2D eigenvalue weighted by Crippen LogP contribution is 2.16. The van der Waals surface area contributed by atoms with Crippen molar-refractivity contribution in [1.29, 1.82) is 0 Å². The largest absolute Gasteiger partial charge is 0.395 e. The number of hydrogen-bond acceptors (Lipinski definition) is 3. The van der Waals surface area contributed by atoms with Crippen LogP contribution in [-0.2, 0) is 4.79 Å². The molecule has 1 aromatic rings. The second-order valence-corrected chi connectivity index (χ2v) is 5.86. The quantitative estimate of drug-likeness (QED) is 0.873. The van der Waals surface area contributed by atoms with Gasteiger partial charge in [0.05, 0.1) is 19.2 Å². The maximum Gasteiger partial charge on any atom is 0.234 e. The van der Waals surface area contributed by atoms with Gasteiger partial charge in [-0.15, -0.1) is 0 Å². The number of likely N-dealkylation sites (tertiary alicyclic amines) is 1. The molecule has 21 heavy (non-hydrogen) atoms. The van der Waals surface area contributed by atoms with Crippen molar-refractivity contribution in [3.05, 3.63) is 35.9 Å². The summed E-state index contributed by atoms with van der Waals surface area (Å²) in [7, 11) is 0. The third-order valence-electron chi connectivity index (χ3n) is 4.23. The normalized spacial score (nSPS) is 21.5. The first-order chi connectivity index (χ1) is 10.2. The molecule has 2 unspecified atom stereocenters. The van der Waals surface area contributed by atoms with E-state index in [2.05, 4.69) is 10.2 Å². The molecule has 2 N–H and O–H groups in total. The molecule has 4 nitrogen and oxygen atoms in total. The number of rotatable bonds is 5. The lowest BCUT2D eigenvalue weighted by molar-refractivity contribution is -0.123. The van der Waals surface area contributed by atoms with Crippen LogP contribution < -0.4 is 5.32 Å². The van der Waals surface area contributed by atoms with E-state index in [9.17, 15) is 9.90 Å². The van der Waals surface area contributed by atoms with Crippen molar-refractivity contribution < 1.29 is 9.90 Å². The number of amides is 1. The van der Waals surface area contributed by atoms with E-state index in [1.807, 2.05) is 37.3 Å². The van der Waals surface area contributed by atoms with Crippen LogP contribution in [0.15, 0.2) is 30.3 Å². The minimum atomic E-state index is 0.0123. The second kappa shape index (κ2) is 8.15. The lowest BCUT2D eigenvalue weighted by atomic mass is 10.1. The van der Waals surface area contributed by atoms with E-state index < -0.39 is 0 Å². The Morgan fingerprint density at radius 1 is 1.33 bits per heavy atom. The number of benzene rings is 1. The molecule has 0 saturated carbocycles. The van der Waals surface area contributed by atoms with Crippen molar-refractivity contribution in [1.82, 2.24) is 10.2 Å². The van der Waals surface area contributed by atoms with E-state index in [1.54, 1.807) is 0 Å². The van der Waals surface area contributed by atoms with Gasteiger partial charge in [-0.05, 0) is 31.9 Å². The molecular weight excluding hydrogens is 264 g/mol. The van der Waals surface area contributed by atoms with Gasteiger partial charge in [-0.1, -0.05) is 43.2 Å². The fourth-order valence-corrected chi connectivity index (χ4v) is 2.95. The van der Waals surface area contributed by atoms with E-state index >= 15 is 0 Å². The molecule has 0 aromatic heterocycles. The fraction of sp³-hybridized carbons (Fsp3) is 0.588. The van der Waals surface area contributed by atoms with E-state index in [-0.39, 0.29) is 24.6 Å². The van der Waals surface area contributed by atoms with Crippen LogP contribution in [0.3, 0.4) is 0 Å². The summed E-state index contributed by atoms with van der Waals surface area (Å²) in [4.78, 5) is 14.4. The van der Waals surface area contributed by atoms with Gasteiger partial charge in [-0.2, -0.15) is 0 Å². The summed E-state index contributed by atoms with van der Waals surface area (Å²) in [5.41, 5.74) is 1.11. The zero-order valence-electron chi connectivity index (χ0n) is 12.8.